The van der Waals surface area contributed by atoms with Crippen molar-refractivity contribution >= 4 is 5.91 Å². The molecule has 0 aliphatic carbocycles. The second-order valence-electron chi connectivity index (χ2n) is 7.31. The smallest absolute Gasteiger partial charge is 0.225 e. The number of hydrogen-bond acceptors (Lipinski definition) is 4. The lowest BCUT2D eigenvalue weighted by molar-refractivity contribution is -0.121. The number of methoxy groups -OCH3 is 2. The van der Waals surface area contributed by atoms with Crippen molar-refractivity contribution in [3.8, 4) is 11.5 Å². The summed E-state index contributed by atoms with van der Waals surface area (Å²) in [5.74, 6) is 1.81. The highest BCUT2D eigenvalue weighted by Gasteiger charge is 2.18. The van der Waals surface area contributed by atoms with E-state index in [2.05, 4.69) is 24.3 Å². The molecule has 1 N–H and O–H groups in total. The summed E-state index contributed by atoms with van der Waals surface area (Å²) in [6.07, 6.45) is 0.327. The third-order valence-electron chi connectivity index (χ3n) is 4.69. The zero-order chi connectivity index (χ0) is 20.1. The molecule has 0 saturated carbocycles. The van der Waals surface area contributed by atoms with Gasteiger partial charge in [-0.05, 0) is 44.4 Å². The minimum atomic E-state index is -0.136. The van der Waals surface area contributed by atoms with Crippen LogP contribution >= 0.6 is 0 Å². The van der Waals surface area contributed by atoms with Crippen molar-refractivity contribution < 1.29 is 14.3 Å². The Bertz CT molecular complexity index is 796. The molecule has 1 aromatic carbocycles. The summed E-state index contributed by atoms with van der Waals surface area (Å²) in [5, 5.41) is 7.65. The average molecular weight is 373 g/mol. The Hall–Kier alpha value is -2.50. The quantitative estimate of drug-likeness (QED) is 0.768. The fourth-order valence-electron chi connectivity index (χ4n) is 3.17. The van der Waals surface area contributed by atoms with Gasteiger partial charge in [-0.15, -0.1) is 0 Å². The summed E-state index contributed by atoms with van der Waals surface area (Å²) in [6.45, 7) is 11.1. The monoisotopic (exact) mass is 373 g/mol. The predicted molar refractivity (Wildman–Crippen MR) is 106 cm³/mol. The second-order valence-corrected chi connectivity index (χ2v) is 7.31. The lowest BCUT2D eigenvalue weighted by Gasteiger charge is -2.17. The van der Waals surface area contributed by atoms with Gasteiger partial charge in [0.2, 0.25) is 5.91 Å². The average Bonchev–Trinajstić information content (AvgIpc) is 2.87. The summed E-state index contributed by atoms with van der Waals surface area (Å²) in [4.78, 5) is 12.6. The van der Waals surface area contributed by atoms with Crippen LogP contribution < -0.4 is 14.8 Å². The lowest BCUT2D eigenvalue weighted by atomic mass is 10.1. The van der Waals surface area contributed by atoms with Crippen LogP contribution in [0.25, 0.3) is 0 Å². The van der Waals surface area contributed by atoms with Crippen LogP contribution in [0.15, 0.2) is 18.2 Å². The van der Waals surface area contributed by atoms with Gasteiger partial charge in [-0.1, -0.05) is 19.9 Å². The fourth-order valence-corrected chi connectivity index (χ4v) is 3.17. The van der Waals surface area contributed by atoms with Gasteiger partial charge in [0, 0.05) is 17.8 Å². The van der Waals surface area contributed by atoms with Gasteiger partial charge in [-0.2, -0.15) is 5.10 Å². The molecule has 27 heavy (non-hydrogen) atoms. The Labute approximate surface area is 161 Å². The number of amides is 1. The molecule has 1 unspecified atom stereocenters. The molecule has 1 atom stereocenters. The zero-order valence-electron chi connectivity index (χ0n) is 17.4. The number of carbonyl (C=O) groups is 1. The van der Waals surface area contributed by atoms with E-state index < -0.39 is 0 Å². The van der Waals surface area contributed by atoms with E-state index in [1.54, 1.807) is 14.2 Å². The van der Waals surface area contributed by atoms with E-state index in [0.29, 0.717) is 23.8 Å². The minimum absolute atomic E-state index is 0.0208. The predicted octanol–water partition coefficient (Wildman–Crippen LogP) is 3.59. The molecule has 2 aromatic rings. The first-order chi connectivity index (χ1) is 12.8. The van der Waals surface area contributed by atoms with Crippen molar-refractivity contribution in [3.05, 3.63) is 40.7 Å². The molecule has 0 radical (unpaired) electrons. The molecule has 0 aliphatic rings. The summed E-state index contributed by atoms with van der Waals surface area (Å²) in [7, 11) is 3.21. The number of ether oxygens (including phenoxy) is 2. The van der Waals surface area contributed by atoms with Crippen molar-refractivity contribution in [2.75, 3.05) is 14.2 Å². The number of benzene rings is 1. The number of aromatic nitrogens is 2. The fraction of sp³-hybridized carbons (Fsp3) is 0.524. The first kappa shape index (κ1) is 20.8. The summed E-state index contributed by atoms with van der Waals surface area (Å²) in [5.41, 5.74) is 3.95. The van der Waals surface area contributed by atoms with E-state index in [1.807, 2.05) is 43.7 Å². The van der Waals surface area contributed by atoms with Crippen LogP contribution in [-0.2, 0) is 17.8 Å². The van der Waals surface area contributed by atoms with E-state index in [-0.39, 0.29) is 11.9 Å². The van der Waals surface area contributed by atoms with Crippen molar-refractivity contribution in [2.45, 2.75) is 53.6 Å². The molecule has 1 aromatic heterocycles. The topological polar surface area (TPSA) is 65.4 Å². The van der Waals surface area contributed by atoms with Crippen LogP contribution in [-0.4, -0.2) is 29.9 Å². The first-order valence-corrected chi connectivity index (χ1v) is 9.31. The van der Waals surface area contributed by atoms with Crippen LogP contribution in [0.3, 0.4) is 0 Å². The molecular formula is C21H31N3O3. The highest BCUT2D eigenvalue weighted by atomic mass is 16.5. The van der Waals surface area contributed by atoms with E-state index in [0.717, 1.165) is 29.1 Å². The highest BCUT2D eigenvalue weighted by Crippen LogP contribution is 2.30. The molecule has 2 rings (SSSR count). The molecule has 0 saturated heterocycles. The maximum Gasteiger partial charge on any atom is 0.225 e. The highest BCUT2D eigenvalue weighted by molar-refractivity contribution is 5.79. The lowest BCUT2D eigenvalue weighted by Crippen LogP contribution is -2.28. The minimum Gasteiger partial charge on any atom is -0.493 e. The van der Waals surface area contributed by atoms with Crippen LogP contribution in [0.5, 0.6) is 11.5 Å². The third-order valence-corrected chi connectivity index (χ3v) is 4.69. The molecular weight excluding hydrogens is 342 g/mol. The van der Waals surface area contributed by atoms with Crippen LogP contribution in [0.1, 0.15) is 49.3 Å². The van der Waals surface area contributed by atoms with Crippen LogP contribution in [0, 0.1) is 19.8 Å². The van der Waals surface area contributed by atoms with Crippen LogP contribution in [0.2, 0.25) is 0 Å². The van der Waals surface area contributed by atoms with Gasteiger partial charge in [0.1, 0.15) is 0 Å². The van der Waals surface area contributed by atoms with Gasteiger partial charge in [0.05, 0.1) is 32.4 Å². The SMILES string of the molecule is COc1ccc(C(C)NC(=O)Cc2c(C)nn(CC(C)C)c2C)cc1OC. The maximum atomic E-state index is 12.6. The summed E-state index contributed by atoms with van der Waals surface area (Å²) in [6, 6.07) is 5.54. The van der Waals surface area contributed by atoms with Crippen molar-refractivity contribution in [3.63, 3.8) is 0 Å². The molecule has 6 nitrogen and oxygen atoms in total. The Morgan fingerprint density at radius 1 is 1.15 bits per heavy atom. The van der Waals surface area contributed by atoms with Gasteiger partial charge in [-0.3, -0.25) is 9.48 Å². The maximum absolute atomic E-state index is 12.6. The number of rotatable bonds is 8. The van der Waals surface area contributed by atoms with Crippen LogP contribution in [0.4, 0.5) is 0 Å². The molecule has 6 heteroatoms. The van der Waals surface area contributed by atoms with Crippen molar-refractivity contribution in [1.82, 2.24) is 15.1 Å². The van der Waals surface area contributed by atoms with Crippen molar-refractivity contribution in [2.24, 2.45) is 5.92 Å². The van der Waals surface area contributed by atoms with Gasteiger partial charge in [-0.25, -0.2) is 0 Å². The zero-order valence-corrected chi connectivity index (χ0v) is 17.4. The Balaban J connectivity index is 2.08. The van der Waals surface area contributed by atoms with E-state index in [4.69, 9.17) is 9.47 Å². The van der Waals surface area contributed by atoms with Gasteiger partial charge in [0.25, 0.3) is 0 Å². The van der Waals surface area contributed by atoms with E-state index >= 15 is 0 Å². The molecule has 0 fully saturated rings. The first-order valence-electron chi connectivity index (χ1n) is 9.31. The molecule has 1 heterocycles. The number of nitrogens with one attached hydrogen (secondary N) is 1. The Kier molecular flexibility index (Phi) is 6.88. The molecule has 0 spiro atoms. The number of aryl methyl sites for hydroxylation is 1. The summed E-state index contributed by atoms with van der Waals surface area (Å²) < 4.78 is 12.6. The van der Waals surface area contributed by atoms with Gasteiger partial charge in [0.15, 0.2) is 11.5 Å². The molecule has 0 bridgehead atoms. The largest absolute Gasteiger partial charge is 0.493 e. The second kappa shape index (κ2) is 8.93. The Morgan fingerprint density at radius 3 is 2.41 bits per heavy atom. The van der Waals surface area contributed by atoms with Gasteiger partial charge >= 0.3 is 0 Å². The summed E-state index contributed by atoms with van der Waals surface area (Å²) >= 11 is 0. The standard InChI is InChI=1S/C21H31N3O3/c1-13(2)12-24-16(5)18(15(4)23-24)11-21(25)22-14(3)17-8-9-19(26-6)20(10-17)27-7/h8-10,13-14H,11-12H2,1-7H3,(H,22,25). The number of nitrogens with zero attached hydrogens (tertiary/aromatic N) is 2. The van der Waals surface area contributed by atoms with E-state index in [9.17, 15) is 4.79 Å². The number of hydrogen-bond donors (Lipinski definition) is 1. The van der Waals surface area contributed by atoms with E-state index in [1.165, 1.54) is 0 Å². The third kappa shape index (κ3) is 5.02. The van der Waals surface area contributed by atoms with Gasteiger partial charge < -0.3 is 14.8 Å². The normalized spacial score (nSPS) is 12.1. The molecule has 1 amide bonds. The Morgan fingerprint density at radius 2 is 1.81 bits per heavy atom. The molecule has 0 aliphatic heterocycles. The number of carbonyl (C=O) groups excluding carboxylic acids is 1. The molecule has 148 valence electrons. The van der Waals surface area contributed by atoms with Crippen molar-refractivity contribution in [1.29, 1.82) is 0 Å².